The molecule has 5 rings (SSSR count). The molecule has 0 unspecified atom stereocenters. The second kappa shape index (κ2) is 7.31. The summed E-state index contributed by atoms with van der Waals surface area (Å²) in [6, 6.07) is 12.6. The van der Waals surface area contributed by atoms with Gasteiger partial charge in [-0.2, -0.15) is 0 Å². The summed E-state index contributed by atoms with van der Waals surface area (Å²) in [5, 5.41) is 9.60. The molecule has 1 amide bonds. The largest absolute Gasteiger partial charge is 0.347 e. The number of aromatic nitrogens is 4. The normalized spacial score (nSPS) is 15.4. The van der Waals surface area contributed by atoms with Gasteiger partial charge in [-0.15, -0.1) is 10.2 Å². The minimum absolute atomic E-state index is 0.146. The van der Waals surface area contributed by atoms with Crippen LogP contribution in [0.15, 0.2) is 54.9 Å². The highest BCUT2D eigenvalue weighted by atomic mass is 19.1. The number of benzene rings is 1. The summed E-state index contributed by atoms with van der Waals surface area (Å²) in [5.41, 5.74) is 1.69. The zero-order valence-electron chi connectivity index (χ0n) is 16.0. The number of hydrogen-bond acceptors (Lipinski definition) is 3. The molecule has 4 heterocycles. The van der Waals surface area contributed by atoms with Crippen molar-refractivity contribution in [3.8, 4) is 0 Å². The van der Waals surface area contributed by atoms with E-state index in [9.17, 15) is 9.18 Å². The lowest BCUT2D eigenvalue weighted by atomic mass is 9.95. The van der Waals surface area contributed by atoms with Gasteiger partial charge in [0.25, 0.3) is 0 Å². The summed E-state index contributed by atoms with van der Waals surface area (Å²) >= 11 is 0. The van der Waals surface area contributed by atoms with Gasteiger partial charge >= 0.3 is 0 Å². The van der Waals surface area contributed by atoms with Crippen LogP contribution in [0.25, 0.3) is 16.6 Å². The number of hydrogen-bond donors (Lipinski definition) is 0. The third-order valence-electron chi connectivity index (χ3n) is 5.86. The van der Waals surface area contributed by atoms with Gasteiger partial charge in [0.1, 0.15) is 11.6 Å². The number of carbonyl (C=O) groups excluding carboxylic acids is 1. The minimum Gasteiger partial charge on any atom is -0.347 e. The molecular weight excluding hydrogens is 369 g/mol. The molecule has 0 spiro atoms. The van der Waals surface area contributed by atoms with Crippen LogP contribution in [0.5, 0.6) is 0 Å². The van der Waals surface area contributed by atoms with Crippen LogP contribution in [0, 0.1) is 5.82 Å². The molecular formula is C22H22FN5O. The maximum absolute atomic E-state index is 13.5. The Bertz CT molecular complexity index is 1170. The molecule has 1 aliphatic heterocycles. The number of nitrogens with zero attached hydrogens (tertiary/aromatic N) is 5. The molecule has 148 valence electrons. The molecule has 7 heteroatoms. The molecule has 1 aliphatic rings. The monoisotopic (exact) mass is 391 g/mol. The number of piperidine rings is 1. The third kappa shape index (κ3) is 3.37. The standard InChI is InChI=1S/C22H22FN5O/c23-18-5-4-16-6-11-26(19(16)15-18)14-9-21(29)27-12-7-17(8-13-27)22-25-24-20-3-1-2-10-28(20)22/h1-6,10-11,15,17H,7-9,12-14H2. The summed E-state index contributed by atoms with van der Waals surface area (Å²) in [4.78, 5) is 14.6. The number of rotatable bonds is 4. The molecule has 0 saturated carbocycles. The van der Waals surface area contributed by atoms with E-state index >= 15 is 0 Å². The third-order valence-corrected chi connectivity index (χ3v) is 5.86. The van der Waals surface area contributed by atoms with Crippen LogP contribution in [-0.2, 0) is 11.3 Å². The number of halogens is 1. The fraction of sp³-hybridized carbons (Fsp3) is 0.318. The Morgan fingerprint density at radius 1 is 1.07 bits per heavy atom. The van der Waals surface area contributed by atoms with Crippen LogP contribution in [0.4, 0.5) is 4.39 Å². The summed E-state index contributed by atoms with van der Waals surface area (Å²) in [7, 11) is 0. The fourth-order valence-electron chi connectivity index (χ4n) is 4.25. The van der Waals surface area contributed by atoms with Crippen molar-refractivity contribution >= 4 is 22.5 Å². The van der Waals surface area contributed by atoms with Crippen LogP contribution in [0.1, 0.15) is 31.0 Å². The predicted molar refractivity (Wildman–Crippen MR) is 108 cm³/mol. The molecule has 1 aromatic carbocycles. The van der Waals surface area contributed by atoms with E-state index in [0.29, 0.717) is 18.9 Å². The first kappa shape index (κ1) is 17.8. The number of fused-ring (bicyclic) bond motifs is 2. The van der Waals surface area contributed by atoms with E-state index in [4.69, 9.17) is 0 Å². The Morgan fingerprint density at radius 2 is 1.93 bits per heavy atom. The molecule has 0 N–H and O–H groups in total. The van der Waals surface area contributed by atoms with Gasteiger partial charge in [-0.1, -0.05) is 6.07 Å². The van der Waals surface area contributed by atoms with E-state index in [0.717, 1.165) is 48.3 Å². The van der Waals surface area contributed by atoms with E-state index in [1.54, 1.807) is 6.07 Å². The molecule has 0 atom stereocenters. The van der Waals surface area contributed by atoms with Crippen molar-refractivity contribution in [1.29, 1.82) is 0 Å². The molecule has 29 heavy (non-hydrogen) atoms. The van der Waals surface area contributed by atoms with Crippen molar-refractivity contribution in [1.82, 2.24) is 24.1 Å². The number of pyridine rings is 1. The molecule has 4 aromatic rings. The Labute approximate surface area is 167 Å². The second-order valence-electron chi connectivity index (χ2n) is 7.60. The van der Waals surface area contributed by atoms with Gasteiger partial charge in [0, 0.05) is 44.4 Å². The van der Waals surface area contributed by atoms with E-state index in [-0.39, 0.29) is 11.7 Å². The average molecular weight is 391 g/mol. The van der Waals surface area contributed by atoms with Gasteiger partial charge in [0.2, 0.25) is 5.91 Å². The van der Waals surface area contributed by atoms with Gasteiger partial charge < -0.3 is 9.47 Å². The lowest BCUT2D eigenvalue weighted by Crippen LogP contribution is -2.38. The van der Waals surface area contributed by atoms with Crippen LogP contribution in [0.3, 0.4) is 0 Å². The van der Waals surface area contributed by atoms with E-state index in [2.05, 4.69) is 10.2 Å². The van der Waals surface area contributed by atoms with Crippen LogP contribution >= 0.6 is 0 Å². The van der Waals surface area contributed by atoms with Crippen molar-refractivity contribution in [3.05, 3.63) is 66.5 Å². The minimum atomic E-state index is -0.258. The first-order valence-corrected chi connectivity index (χ1v) is 10.0. The van der Waals surface area contributed by atoms with Crippen LogP contribution in [0.2, 0.25) is 0 Å². The molecule has 0 bridgehead atoms. The van der Waals surface area contributed by atoms with E-state index in [1.807, 2.05) is 50.5 Å². The molecule has 1 fully saturated rings. The van der Waals surface area contributed by atoms with Gasteiger partial charge in [-0.3, -0.25) is 9.20 Å². The second-order valence-corrected chi connectivity index (χ2v) is 7.60. The van der Waals surface area contributed by atoms with Crippen molar-refractivity contribution in [2.45, 2.75) is 31.7 Å². The maximum atomic E-state index is 13.5. The SMILES string of the molecule is O=C(CCn1ccc2ccc(F)cc21)N1CCC(c2nnc3ccccn23)CC1. The zero-order valence-corrected chi connectivity index (χ0v) is 16.0. The molecule has 3 aromatic heterocycles. The first-order valence-electron chi connectivity index (χ1n) is 10.0. The Hall–Kier alpha value is -3.22. The van der Waals surface area contributed by atoms with E-state index in [1.165, 1.54) is 12.1 Å². The fourth-order valence-corrected chi connectivity index (χ4v) is 4.25. The number of likely N-dealkylation sites (tertiary alicyclic amines) is 1. The van der Waals surface area contributed by atoms with Gasteiger partial charge in [0.05, 0.1) is 5.52 Å². The van der Waals surface area contributed by atoms with Crippen molar-refractivity contribution in [2.24, 2.45) is 0 Å². The van der Waals surface area contributed by atoms with Gasteiger partial charge in [-0.05, 0) is 54.6 Å². The maximum Gasteiger partial charge on any atom is 0.224 e. The first-order chi connectivity index (χ1) is 14.2. The smallest absolute Gasteiger partial charge is 0.224 e. The molecule has 1 saturated heterocycles. The highest BCUT2D eigenvalue weighted by Gasteiger charge is 2.26. The summed E-state index contributed by atoms with van der Waals surface area (Å²) in [5.74, 6) is 1.18. The lowest BCUT2D eigenvalue weighted by Gasteiger charge is -2.31. The van der Waals surface area contributed by atoms with Crippen molar-refractivity contribution in [2.75, 3.05) is 13.1 Å². The zero-order chi connectivity index (χ0) is 19.8. The topological polar surface area (TPSA) is 55.4 Å². The Kier molecular flexibility index (Phi) is 4.50. The van der Waals surface area contributed by atoms with Gasteiger partial charge in [0.15, 0.2) is 5.65 Å². The van der Waals surface area contributed by atoms with Crippen molar-refractivity contribution < 1.29 is 9.18 Å². The quantitative estimate of drug-likeness (QED) is 0.534. The van der Waals surface area contributed by atoms with E-state index < -0.39 is 0 Å². The summed E-state index contributed by atoms with van der Waals surface area (Å²) in [6.45, 7) is 2.01. The van der Waals surface area contributed by atoms with Crippen molar-refractivity contribution in [3.63, 3.8) is 0 Å². The number of aryl methyl sites for hydroxylation is 1. The highest BCUT2D eigenvalue weighted by Crippen LogP contribution is 2.27. The van der Waals surface area contributed by atoms with Crippen LogP contribution in [-0.4, -0.2) is 43.1 Å². The Morgan fingerprint density at radius 3 is 2.79 bits per heavy atom. The lowest BCUT2D eigenvalue weighted by molar-refractivity contribution is -0.132. The summed E-state index contributed by atoms with van der Waals surface area (Å²) < 4.78 is 17.5. The highest BCUT2D eigenvalue weighted by molar-refractivity contribution is 5.81. The molecule has 0 aliphatic carbocycles. The predicted octanol–water partition coefficient (Wildman–Crippen LogP) is 3.62. The molecule has 0 radical (unpaired) electrons. The summed E-state index contributed by atoms with van der Waals surface area (Å²) in [6.07, 6.45) is 6.10. The van der Waals surface area contributed by atoms with Crippen LogP contribution < -0.4 is 0 Å². The number of carbonyl (C=O) groups is 1. The molecule has 6 nitrogen and oxygen atoms in total. The van der Waals surface area contributed by atoms with Gasteiger partial charge in [-0.25, -0.2) is 4.39 Å². The average Bonchev–Trinajstić information content (AvgIpc) is 3.36. The Balaban J connectivity index is 1.20. The number of amides is 1.